The first-order valence-electron chi connectivity index (χ1n) is 6.25. The summed E-state index contributed by atoms with van der Waals surface area (Å²) in [6.45, 7) is 2.07. The predicted octanol–water partition coefficient (Wildman–Crippen LogP) is 4.40. The van der Waals surface area contributed by atoms with E-state index in [4.69, 9.17) is 17.3 Å². The number of imidazole rings is 1. The minimum atomic E-state index is 0.704. The van der Waals surface area contributed by atoms with Gasteiger partial charge >= 0.3 is 0 Å². The van der Waals surface area contributed by atoms with Crippen molar-refractivity contribution in [3.8, 4) is 0 Å². The molecule has 0 aliphatic rings. The highest BCUT2D eigenvalue weighted by Gasteiger charge is 2.06. The highest BCUT2D eigenvalue weighted by Crippen LogP contribution is 2.27. The molecule has 20 heavy (non-hydrogen) atoms. The molecule has 0 amide bonds. The molecule has 3 rings (SSSR count). The third-order valence-electron chi connectivity index (χ3n) is 3.09. The fourth-order valence-electron chi connectivity index (χ4n) is 2.01. The summed E-state index contributed by atoms with van der Waals surface area (Å²) in [5.41, 5.74) is 11.0. The molecule has 0 radical (unpaired) electrons. The van der Waals surface area contributed by atoms with Gasteiger partial charge in [-0.05, 0) is 48.4 Å². The average Bonchev–Trinajstić information content (AvgIpc) is 2.81. The third kappa shape index (κ3) is 2.76. The molecule has 0 bridgehead atoms. The lowest BCUT2D eigenvalue weighted by Crippen LogP contribution is -1.92. The summed E-state index contributed by atoms with van der Waals surface area (Å²) in [5.74, 6) is 0.741. The molecule has 0 aliphatic carbocycles. The quantitative estimate of drug-likeness (QED) is 0.557. The van der Waals surface area contributed by atoms with Gasteiger partial charge < -0.3 is 10.7 Å². The maximum absolute atomic E-state index is 5.99. The highest BCUT2D eigenvalue weighted by molar-refractivity contribution is 7.98. The second-order valence-corrected chi connectivity index (χ2v) is 6.09. The van der Waals surface area contributed by atoms with E-state index in [0.29, 0.717) is 5.02 Å². The van der Waals surface area contributed by atoms with Crippen LogP contribution in [0.25, 0.3) is 11.0 Å². The largest absolute Gasteiger partial charge is 0.398 e. The number of aromatic amines is 1. The first-order chi connectivity index (χ1) is 9.61. The number of anilines is 1. The van der Waals surface area contributed by atoms with Crippen LogP contribution in [0.3, 0.4) is 0 Å². The molecule has 2 aromatic carbocycles. The van der Waals surface area contributed by atoms with Gasteiger partial charge in [0.25, 0.3) is 0 Å². The predicted molar refractivity (Wildman–Crippen MR) is 86.3 cm³/mol. The summed E-state index contributed by atoms with van der Waals surface area (Å²) in [5, 5.41) is 1.60. The van der Waals surface area contributed by atoms with E-state index < -0.39 is 0 Å². The Kier molecular flexibility index (Phi) is 3.59. The Hall–Kier alpha value is -1.65. The van der Waals surface area contributed by atoms with Crippen molar-refractivity contribution in [3.63, 3.8) is 0 Å². The summed E-state index contributed by atoms with van der Waals surface area (Å²) in [6, 6.07) is 11.7. The number of rotatable bonds is 3. The number of nitrogens with two attached hydrogens (primary N) is 1. The number of benzene rings is 2. The van der Waals surface area contributed by atoms with Gasteiger partial charge in [0, 0.05) is 16.5 Å². The number of H-pyrrole nitrogens is 1. The Labute approximate surface area is 126 Å². The van der Waals surface area contributed by atoms with E-state index in [0.717, 1.165) is 33.2 Å². The fourth-order valence-corrected chi connectivity index (χ4v) is 3.10. The van der Waals surface area contributed by atoms with Crippen molar-refractivity contribution in [1.82, 2.24) is 9.97 Å². The van der Waals surface area contributed by atoms with E-state index in [2.05, 4.69) is 29.0 Å². The summed E-state index contributed by atoms with van der Waals surface area (Å²) in [4.78, 5) is 7.87. The Morgan fingerprint density at radius 3 is 2.95 bits per heavy atom. The monoisotopic (exact) mass is 303 g/mol. The molecule has 0 saturated heterocycles. The van der Waals surface area contributed by atoms with Crippen LogP contribution in [0, 0.1) is 6.92 Å². The van der Waals surface area contributed by atoms with Crippen molar-refractivity contribution in [1.29, 1.82) is 0 Å². The zero-order valence-electron chi connectivity index (χ0n) is 11.0. The van der Waals surface area contributed by atoms with Crippen molar-refractivity contribution in [3.05, 3.63) is 52.5 Å². The lowest BCUT2D eigenvalue weighted by Gasteiger charge is -2.04. The molecule has 0 unspecified atom stereocenters. The zero-order chi connectivity index (χ0) is 14.1. The Morgan fingerprint density at radius 2 is 2.10 bits per heavy atom. The first kappa shape index (κ1) is 13.3. The molecule has 0 fully saturated rings. The zero-order valence-corrected chi connectivity index (χ0v) is 12.6. The summed E-state index contributed by atoms with van der Waals surface area (Å²) in [7, 11) is 0. The third-order valence-corrected chi connectivity index (χ3v) is 4.24. The van der Waals surface area contributed by atoms with Crippen LogP contribution in [0.5, 0.6) is 0 Å². The molecule has 3 aromatic rings. The van der Waals surface area contributed by atoms with Crippen LogP contribution in [0.2, 0.25) is 5.02 Å². The summed E-state index contributed by atoms with van der Waals surface area (Å²) >= 11 is 7.61. The van der Waals surface area contributed by atoms with Crippen LogP contribution >= 0.6 is 23.4 Å². The summed E-state index contributed by atoms with van der Waals surface area (Å²) < 4.78 is 0. The van der Waals surface area contributed by atoms with Gasteiger partial charge in [-0.15, -0.1) is 0 Å². The molecule has 102 valence electrons. The van der Waals surface area contributed by atoms with Crippen molar-refractivity contribution in [2.45, 2.75) is 17.8 Å². The molecule has 0 saturated carbocycles. The van der Waals surface area contributed by atoms with Crippen LogP contribution in [0.4, 0.5) is 5.69 Å². The Bertz CT molecular complexity index is 767. The number of thioether (sulfide) groups is 1. The molecule has 0 atom stereocenters. The first-order valence-corrected chi connectivity index (χ1v) is 7.61. The number of nitrogens with one attached hydrogen (secondary N) is 1. The second-order valence-electron chi connectivity index (χ2n) is 4.69. The van der Waals surface area contributed by atoms with Crippen LogP contribution < -0.4 is 5.73 Å². The number of aryl methyl sites for hydroxylation is 1. The minimum absolute atomic E-state index is 0.704. The molecule has 1 aromatic heterocycles. The van der Waals surface area contributed by atoms with Crippen LogP contribution in [-0.2, 0) is 5.75 Å². The Morgan fingerprint density at radius 1 is 1.25 bits per heavy atom. The molecule has 5 heteroatoms. The van der Waals surface area contributed by atoms with Gasteiger partial charge in [0.15, 0.2) is 5.16 Å². The number of nitrogen functional groups attached to an aromatic ring is 1. The van der Waals surface area contributed by atoms with Gasteiger partial charge in [-0.1, -0.05) is 29.4 Å². The van der Waals surface area contributed by atoms with Gasteiger partial charge in [-0.25, -0.2) is 4.98 Å². The van der Waals surface area contributed by atoms with Gasteiger partial charge in [-0.3, -0.25) is 0 Å². The maximum atomic E-state index is 5.99. The van der Waals surface area contributed by atoms with E-state index >= 15 is 0 Å². The van der Waals surface area contributed by atoms with Crippen molar-refractivity contribution < 1.29 is 0 Å². The number of hydrogen-bond donors (Lipinski definition) is 2. The highest BCUT2D eigenvalue weighted by atomic mass is 35.5. The molecular weight excluding hydrogens is 290 g/mol. The minimum Gasteiger partial charge on any atom is -0.398 e. The van der Waals surface area contributed by atoms with Crippen LogP contribution in [0.15, 0.2) is 41.6 Å². The molecule has 0 aliphatic heterocycles. The number of aromatic nitrogens is 2. The van der Waals surface area contributed by atoms with E-state index in [1.165, 1.54) is 5.56 Å². The van der Waals surface area contributed by atoms with Crippen molar-refractivity contribution in [2.24, 2.45) is 0 Å². The number of fused-ring (bicyclic) bond motifs is 1. The lowest BCUT2D eigenvalue weighted by molar-refractivity contribution is 1.08. The van der Waals surface area contributed by atoms with E-state index in [1.807, 2.05) is 18.2 Å². The van der Waals surface area contributed by atoms with Gasteiger partial charge in [-0.2, -0.15) is 0 Å². The standard InChI is InChI=1S/C15H14ClN3S/c1-9-2-5-13-14(6-9)19-15(18-13)20-8-10-7-11(16)3-4-12(10)17/h2-7H,8,17H2,1H3,(H,18,19). The average molecular weight is 304 g/mol. The molecule has 1 heterocycles. The molecule has 0 spiro atoms. The van der Waals surface area contributed by atoms with Gasteiger partial charge in [0.1, 0.15) is 0 Å². The van der Waals surface area contributed by atoms with Gasteiger partial charge in [0.2, 0.25) is 0 Å². The fraction of sp³-hybridized carbons (Fsp3) is 0.133. The van der Waals surface area contributed by atoms with Gasteiger partial charge in [0.05, 0.1) is 11.0 Å². The van der Waals surface area contributed by atoms with Crippen molar-refractivity contribution in [2.75, 3.05) is 5.73 Å². The number of halogens is 1. The number of nitrogens with zero attached hydrogens (tertiary/aromatic N) is 1. The normalized spacial score (nSPS) is 11.1. The summed E-state index contributed by atoms with van der Waals surface area (Å²) in [6.07, 6.45) is 0. The van der Waals surface area contributed by atoms with E-state index in [-0.39, 0.29) is 0 Å². The maximum Gasteiger partial charge on any atom is 0.166 e. The molecule has 3 N–H and O–H groups in total. The van der Waals surface area contributed by atoms with E-state index in [9.17, 15) is 0 Å². The topological polar surface area (TPSA) is 54.7 Å². The number of hydrogen-bond acceptors (Lipinski definition) is 3. The Balaban J connectivity index is 1.81. The van der Waals surface area contributed by atoms with E-state index in [1.54, 1.807) is 17.8 Å². The van der Waals surface area contributed by atoms with Crippen LogP contribution in [-0.4, -0.2) is 9.97 Å². The smallest absolute Gasteiger partial charge is 0.166 e. The van der Waals surface area contributed by atoms with Crippen LogP contribution in [0.1, 0.15) is 11.1 Å². The SMILES string of the molecule is Cc1ccc2nc(SCc3cc(Cl)ccc3N)[nH]c2c1. The second kappa shape index (κ2) is 5.38. The lowest BCUT2D eigenvalue weighted by atomic mass is 10.2. The molecular formula is C15H14ClN3S. The molecule has 3 nitrogen and oxygen atoms in total. The van der Waals surface area contributed by atoms with Crippen molar-refractivity contribution >= 4 is 40.1 Å².